The summed E-state index contributed by atoms with van der Waals surface area (Å²) in [7, 11) is 0. The normalized spacial score (nSPS) is 10.4. The van der Waals surface area contributed by atoms with Crippen LogP contribution in [-0.4, -0.2) is 38.1 Å². The summed E-state index contributed by atoms with van der Waals surface area (Å²) in [5.74, 6) is 0.365. The van der Waals surface area contributed by atoms with Crippen LogP contribution in [0.4, 0.5) is 0 Å². The third-order valence-electron chi connectivity index (χ3n) is 3.86. The lowest BCUT2D eigenvalue weighted by Crippen LogP contribution is -2.31. The highest BCUT2D eigenvalue weighted by Crippen LogP contribution is 2.09. The first kappa shape index (κ1) is 18.2. The van der Waals surface area contributed by atoms with Crippen LogP contribution in [0.5, 0.6) is 0 Å². The molecule has 1 aromatic carbocycles. The minimum atomic E-state index is -0.150. The molecule has 3 rings (SSSR count). The summed E-state index contributed by atoms with van der Waals surface area (Å²) in [6.45, 7) is 0.611. The van der Waals surface area contributed by atoms with Crippen molar-refractivity contribution in [1.82, 2.24) is 30.4 Å². The molecular formula is C19H20N6O2. The summed E-state index contributed by atoms with van der Waals surface area (Å²) < 4.78 is 1.55. The molecule has 0 aliphatic heterocycles. The van der Waals surface area contributed by atoms with Gasteiger partial charge in [0.25, 0.3) is 0 Å². The van der Waals surface area contributed by atoms with Gasteiger partial charge in [0.2, 0.25) is 11.8 Å². The van der Waals surface area contributed by atoms with E-state index in [1.54, 1.807) is 23.3 Å². The summed E-state index contributed by atoms with van der Waals surface area (Å²) >= 11 is 0. The monoisotopic (exact) mass is 364 g/mol. The molecule has 0 atom stereocenters. The molecule has 2 heterocycles. The molecule has 8 heteroatoms. The third-order valence-corrected chi connectivity index (χ3v) is 3.86. The minimum Gasteiger partial charge on any atom is -0.355 e. The first-order chi connectivity index (χ1) is 13.2. The molecule has 2 N–H and O–H groups in total. The van der Waals surface area contributed by atoms with E-state index in [1.807, 2.05) is 36.4 Å². The number of hydrogen-bond donors (Lipinski definition) is 2. The smallest absolute Gasteiger partial charge is 0.224 e. The van der Waals surface area contributed by atoms with Gasteiger partial charge in [-0.2, -0.15) is 5.10 Å². The van der Waals surface area contributed by atoms with Gasteiger partial charge >= 0.3 is 0 Å². The predicted octanol–water partition coefficient (Wildman–Crippen LogP) is 1.03. The SMILES string of the molecule is O=C(CCNC(=O)Cc1ccccc1)NCc1cccnc1-n1cncn1. The van der Waals surface area contributed by atoms with Crippen molar-refractivity contribution in [2.45, 2.75) is 19.4 Å². The molecule has 0 spiro atoms. The molecule has 0 bridgehead atoms. The Kier molecular flexibility index (Phi) is 6.24. The molecule has 138 valence electrons. The Morgan fingerprint density at radius 1 is 1.00 bits per heavy atom. The number of hydrogen-bond acceptors (Lipinski definition) is 5. The van der Waals surface area contributed by atoms with Crippen molar-refractivity contribution >= 4 is 11.8 Å². The average Bonchev–Trinajstić information content (AvgIpc) is 3.22. The fraction of sp³-hybridized carbons (Fsp3) is 0.211. The number of pyridine rings is 1. The van der Waals surface area contributed by atoms with Crippen LogP contribution in [0.1, 0.15) is 17.5 Å². The van der Waals surface area contributed by atoms with E-state index in [2.05, 4.69) is 25.7 Å². The quantitative estimate of drug-likeness (QED) is 0.622. The molecule has 0 unspecified atom stereocenters. The van der Waals surface area contributed by atoms with Gasteiger partial charge < -0.3 is 10.6 Å². The van der Waals surface area contributed by atoms with E-state index in [0.717, 1.165) is 11.1 Å². The van der Waals surface area contributed by atoms with Crippen LogP contribution in [0.2, 0.25) is 0 Å². The molecule has 0 saturated heterocycles. The van der Waals surface area contributed by atoms with Crippen molar-refractivity contribution in [3.8, 4) is 5.82 Å². The van der Waals surface area contributed by atoms with Crippen molar-refractivity contribution in [2.24, 2.45) is 0 Å². The van der Waals surface area contributed by atoms with Gasteiger partial charge in [0.1, 0.15) is 12.7 Å². The molecule has 3 aromatic rings. The van der Waals surface area contributed by atoms with Crippen molar-refractivity contribution in [2.75, 3.05) is 6.54 Å². The highest BCUT2D eigenvalue weighted by Gasteiger charge is 2.09. The maximum absolute atomic E-state index is 12.0. The van der Waals surface area contributed by atoms with Gasteiger partial charge in [-0.15, -0.1) is 0 Å². The maximum atomic E-state index is 12.0. The first-order valence-electron chi connectivity index (χ1n) is 8.58. The number of amides is 2. The van der Waals surface area contributed by atoms with E-state index in [-0.39, 0.29) is 18.2 Å². The van der Waals surface area contributed by atoms with Crippen molar-refractivity contribution in [1.29, 1.82) is 0 Å². The summed E-state index contributed by atoms with van der Waals surface area (Å²) in [4.78, 5) is 32.1. The summed E-state index contributed by atoms with van der Waals surface area (Å²) in [5.41, 5.74) is 1.76. The lowest BCUT2D eigenvalue weighted by Gasteiger charge is -2.10. The Balaban J connectivity index is 1.42. The second kappa shape index (κ2) is 9.23. The van der Waals surface area contributed by atoms with Crippen molar-refractivity contribution in [3.63, 3.8) is 0 Å². The minimum absolute atomic E-state index is 0.102. The topological polar surface area (TPSA) is 102 Å². The summed E-state index contributed by atoms with van der Waals surface area (Å²) in [6, 6.07) is 13.1. The first-order valence-corrected chi connectivity index (χ1v) is 8.58. The van der Waals surface area contributed by atoms with E-state index in [4.69, 9.17) is 0 Å². The standard InChI is InChI=1S/C19H20N6O2/c26-17(8-10-21-18(27)11-15-5-2-1-3-6-15)23-12-16-7-4-9-22-19(16)25-14-20-13-24-25/h1-7,9,13-14H,8,10-12H2,(H,21,27)(H,23,26). The Morgan fingerprint density at radius 2 is 1.85 bits per heavy atom. The molecule has 0 aliphatic rings. The van der Waals surface area contributed by atoms with Crippen LogP contribution < -0.4 is 10.6 Å². The second-order valence-electron chi connectivity index (χ2n) is 5.87. The van der Waals surface area contributed by atoms with Crippen LogP contribution >= 0.6 is 0 Å². The van der Waals surface area contributed by atoms with Gasteiger partial charge in [0.05, 0.1) is 6.42 Å². The van der Waals surface area contributed by atoms with E-state index in [1.165, 1.54) is 6.33 Å². The molecule has 0 fully saturated rings. The molecule has 0 radical (unpaired) electrons. The molecule has 0 aliphatic carbocycles. The maximum Gasteiger partial charge on any atom is 0.224 e. The zero-order valence-electron chi connectivity index (χ0n) is 14.7. The van der Waals surface area contributed by atoms with Crippen molar-refractivity contribution < 1.29 is 9.59 Å². The predicted molar refractivity (Wildman–Crippen MR) is 98.8 cm³/mol. The van der Waals surface area contributed by atoms with Gasteiger partial charge in [-0.1, -0.05) is 36.4 Å². The van der Waals surface area contributed by atoms with Gasteiger partial charge in [0, 0.05) is 31.3 Å². The van der Waals surface area contributed by atoms with E-state index >= 15 is 0 Å². The van der Waals surface area contributed by atoms with Gasteiger partial charge in [-0.05, 0) is 11.6 Å². The third kappa shape index (κ3) is 5.46. The number of rotatable bonds is 8. The molecule has 0 saturated carbocycles. The van der Waals surface area contributed by atoms with Crippen LogP contribution in [0, 0.1) is 0 Å². The largest absolute Gasteiger partial charge is 0.355 e. The van der Waals surface area contributed by atoms with E-state index in [9.17, 15) is 9.59 Å². The van der Waals surface area contributed by atoms with Crippen molar-refractivity contribution in [3.05, 3.63) is 72.4 Å². The number of carbonyl (C=O) groups is 2. The lowest BCUT2D eigenvalue weighted by molar-refractivity contribution is -0.122. The number of carbonyl (C=O) groups excluding carboxylic acids is 2. The second-order valence-corrected chi connectivity index (χ2v) is 5.87. The van der Waals surface area contributed by atoms with E-state index in [0.29, 0.717) is 25.3 Å². The zero-order chi connectivity index (χ0) is 18.9. The van der Waals surface area contributed by atoms with E-state index < -0.39 is 0 Å². The molecular weight excluding hydrogens is 344 g/mol. The highest BCUT2D eigenvalue weighted by atomic mass is 16.2. The molecule has 2 amide bonds. The highest BCUT2D eigenvalue weighted by molar-refractivity contribution is 5.80. The average molecular weight is 364 g/mol. The Hall–Kier alpha value is -3.55. The summed E-state index contributed by atoms with van der Waals surface area (Å²) in [5, 5.41) is 9.65. The Bertz CT molecular complexity index is 880. The van der Waals surface area contributed by atoms with Crippen LogP contribution in [0.15, 0.2) is 61.3 Å². The number of benzene rings is 1. The number of aromatic nitrogens is 4. The van der Waals surface area contributed by atoms with Crippen LogP contribution in [0.3, 0.4) is 0 Å². The molecule has 2 aromatic heterocycles. The number of nitrogens with zero attached hydrogens (tertiary/aromatic N) is 4. The van der Waals surface area contributed by atoms with Crippen LogP contribution in [0.25, 0.3) is 5.82 Å². The summed E-state index contributed by atoms with van der Waals surface area (Å²) in [6.07, 6.45) is 5.15. The molecule has 8 nitrogen and oxygen atoms in total. The molecule has 27 heavy (non-hydrogen) atoms. The van der Waals surface area contributed by atoms with Gasteiger partial charge in [-0.3, -0.25) is 9.59 Å². The Labute approximate surface area is 156 Å². The van der Waals surface area contributed by atoms with Gasteiger partial charge in [-0.25, -0.2) is 14.6 Å². The fourth-order valence-electron chi connectivity index (χ4n) is 2.53. The zero-order valence-corrected chi connectivity index (χ0v) is 14.7. The Morgan fingerprint density at radius 3 is 2.63 bits per heavy atom. The number of nitrogens with one attached hydrogen (secondary N) is 2. The van der Waals surface area contributed by atoms with Crippen LogP contribution in [-0.2, 0) is 22.6 Å². The fourth-order valence-corrected chi connectivity index (χ4v) is 2.53. The lowest BCUT2D eigenvalue weighted by atomic mass is 10.1. The van der Waals surface area contributed by atoms with Gasteiger partial charge in [0.15, 0.2) is 5.82 Å².